The van der Waals surface area contributed by atoms with Crippen LogP contribution in [-0.4, -0.2) is 23.7 Å². The highest BCUT2D eigenvalue weighted by Gasteiger charge is 2.19. The number of esters is 1. The maximum Gasteiger partial charge on any atom is 0.327 e. The Balaban J connectivity index is 1.34. The fourth-order valence-electron chi connectivity index (χ4n) is 3.58. The molecule has 0 amide bonds. The summed E-state index contributed by atoms with van der Waals surface area (Å²) in [5, 5.41) is 0. The van der Waals surface area contributed by atoms with Crippen LogP contribution in [0.1, 0.15) is 36.9 Å². The van der Waals surface area contributed by atoms with E-state index in [2.05, 4.69) is 4.98 Å². The highest BCUT2D eigenvalue weighted by Crippen LogP contribution is 2.27. The Kier molecular flexibility index (Phi) is 8.02. The molecule has 4 rings (SSSR count). The molecule has 1 unspecified atom stereocenters. The summed E-state index contributed by atoms with van der Waals surface area (Å²) in [4.78, 5) is 16.8. The summed E-state index contributed by atoms with van der Waals surface area (Å²) in [6.07, 6.45) is 0.343. The number of carbonyl (C=O) groups is 1. The van der Waals surface area contributed by atoms with Crippen molar-refractivity contribution in [1.82, 2.24) is 4.98 Å². The van der Waals surface area contributed by atoms with Crippen molar-refractivity contribution in [3.63, 3.8) is 0 Å². The minimum Gasteiger partial charge on any atom is -0.493 e. The van der Waals surface area contributed by atoms with Crippen LogP contribution in [0.4, 0.5) is 0 Å². The molecular weight excluding hydrogens is 456 g/mol. The standard InChI is InChI=1S/C29H30N2O5/c1-19(2)34-29(32)27(30)22-8-7-11-25(18-22)33-17-16-26-20(3)35-28(31-26)21-12-14-24(15-13-21)36-23-9-5-4-6-10-23/h4-15,18-19,27H,16-17,30H2,1-3H3. The van der Waals surface area contributed by atoms with Gasteiger partial charge in [-0.1, -0.05) is 30.3 Å². The number of aromatic nitrogens is 1. The van der Waals surface area contributed by atoms with Crippen molar-refractivity contribution in [2.24, 2.45) is 5.73 Å². The largest absolute Gasteiger partial charge is 0.493 e. The second kappa shape index (κ2) is 11.6. The van der Waals surface area contributed by atoms with Crippen LogP contribution in [0, 0.1) is 6.92 Å². The Morgan fingerprint density at radius 3 is 2.36 bits per heavy atom. The molecule has 2 N–H and O–H groups in total. The van der Waals surface area contributed by atoms with E-state index in [1.807, 2.05) is 67.6 Å². The average molecular weight is 487 g/mol. The van der Waals surface area contributed by atoms with Crippen molar-refractivity contribution in [3.05, 3.63) is 95.9 Å². The van der Waals surface area contributed by atoms with Crippen molar-refractivity contribution in [1.29, 1.82) is 0 Å². The third kappa shape index (κ3) is 6.52. The normalized spacial score (nSPS) is 11.8. The number of benzene rings is 3. The zero-order valence-corrected chi connectivity index (χ0v) is 20.6. The summed E-state index contributed by atoms with van der Waals surface area (Å²) in [5.74, 6) is 2.96. The van der Waals surface area contributed by atoms with E-state index in [4.69, 9.17) is 24.4 Å². The SMILES string of the molecule is Cc1oc(-c2ccc(Oc3ccccc3)cc2)nc1CCOc1cccc(C(N)C(=O)OC(C)C)c1. The number of oxazole rings is 1. The summed E-state index contributed by atoms with van der Waals surface area (Å²) >= 11 is 0. The Bertz CT molecular complexity index is 1280. The van der Waals surface area contributed by atoms with Crippen molar-refractivity contribution in [2.75, 3.05) is 6.61 Å². The Morgan fingerprint density at radius 1 is 0.944 bits per heavy atom. The molecule has 1 atom stereocenters. The van der Waals surface area contributed by atoms with Gasteiger partial charge in [0, 0.05) is 12.0 Å². The first-order valence-electron chi connectivity index (χ1n) is 11.9. The number of nitrogens with zero attached hydrogens (tertiary/aromatic N) is 1. The number of para-hydroxylation sites is 1. The van der Waals surface area contributed by atoms with Crippen LogP contribution in [0.25, 0.3) is 11.5 Å². The second-order valence-electron chi connectivity index (χ2n) is 8.60. The molecule has 36 heavy (non-hydrogen) atoms. The van der Waals surface area contributed by atoms with Crippen LogP contribution >= 0.6 is 0 Å². The Morgan fingerprint density at radius 2 is 1.64 bits per heavy atom. The molecule has 0 fully saturated rings. The van der Waals surface area contributed by atoms with Gasteiger partial charge >= 0.3 is 5.97 Å². The first-order valence-corrected chi connectivity index (χ1v) is 11.9. The molecule has 0 spiro atoms. The van der Waals surface area contributed by atoms with Crippen molar-refractivity contribution >= 4 is 5.97 Å². The first kappa shape index (κ1) is 25.0. The van der Waals surface area contributed by atoms with Gasteiger partial charge in [0.05, 0.1) is 18.4 Å². The van der Waals surface area contributed by atoms with E-state index >= 15 is 0 Å². The highest BCUT2D eigenvalue weighted by atomic mass is 16.5. The molecular formula is C29H30N2O5. The Hall–Kier alpha value is -4.10. The molecule has 7 heteroatoms. The van der Waals surface area contributed by atoms with Crippen LogP contribution in [0.2, 0.25) is 0 Å². The average Bonchev–Trinajstić information content (AvgIpc) is 3.24. The van der Waals surface area contributed by atoms with Gasteiger partial charge in [-0.25, -0.2) is 9.78 Å². The summed E-state index contributed by atoms with van der Waals surface area (Å²) in [7, 11) is 0. The smallest absolute Gasteiger partial charge is 0.327 e. The molecule has 3 aromatic carbocycles. The molecule has 0 saturated heterocycles. The fraction of sp³-hybridized carbons (Fsp3) is 0.241. The third-order valence-corrected chi connectivity index (χ3v) is 5.40. The van der Waals surface area contributed by atoms with E-state index in [1.165, 1.54) is 0 Å². The quantitative estimate of drug-likeness (QED) is 0.274. The molecule has 0 aliphatic carbocycles. The van der Waals surface area contributed by atoms with Crippen molar-refractivity contribution < 1.29 is 23.4 Å². The van der Waals surface area contributed by atoms with E-state index in [-0.39, 0.29) is 6.10 Å². The van der Waals surface area contributed by atoms with Gasteiger partial charge < -0.3 is 24.4 Å². The van der Waals surface area contributed by atoms with Gasteiger partial charge in [-0.2, -0.15) is 0 Å². The number of hydrogen-bond acceptors (Lipinski definition) is 7. The lowest BCUT2D eigenvalue weighted by atomic mass is 10.1. The maximum atomic E-state index is 12.1. The molecule has 0 saturated carbocycles. The second-order valence-corrected chi connectivity index (χ2v) is 8.60. The van der Waals surface area contributed by atoms with Gasteiger partial charge in [0.1, 0.15) is 29.1 Å². The molecule has 1 heterocycles. The van der Waals surface area contributed by atoms with Crippen LogP contribution in [0.3, 0.4) is 0 Å². The van der Waals surface area contributed by atoms with Gasteiger partial charge in [-0.3, -0.25) is 0 Å². The van der Waals surface area contributed by atoms with Gasteiger partial charge in [-0.15, -0.1) is 0 Å². The predicted octanol–water partition coefficient (Wildman–Crippen LogP) is 6.02. The number of aryl methyl sites for hydroxylation is 1. The molecule has 1 aromatic heterocycles. The van der Waals surface area contributed by atoms with Gasteiger partial charge in [0.15, 0.2) is 0 Å². The molecule has 0 aliphatic heterocycles. The summed E-state index contributed by atoms with van der Waals surface area (Å²) in [5.41, 5.74) is 8.36. The lowest BCUT2D eigenvalue weighted by molar-refractivity contribution is -0.149. The lowest BCUT2D eigenvalue weighted by Gasteiger charge is -2.15. The van der Waals surface area contributed by atoms with E-state index in [0.717, 1.165) is 28.5 Å². The van der Waals surface area contributed by atoms with Crippen LogP contribution in [0.15, 0.2) is 83.3 Å². The lowest BCUT2D eigenvalue weighted by Crippen LogP contribution is -2.26. The number of rotatable bonds is 10. The van der Waals surface area contributed by atoms with E-state index < -0.39 is 12.0 Å². The zero-order chi connectivity index (χ0) is 25.5. The van der Waals surface area contributed by atoms with Crippen LogP contribution in [0.5, 0.6) is 17.2 Å². The minimum atomic E-state index is -0.860. The molecule has 0 radical (unpaired) electrons. The number of hydrogen-bond donors (Lipinski definition) is 1. The monoisotopic (exact) mass is 486 g/mol. The van der Waals surface area contributed by atoms with E-state index in [1.54, 1.807) is 32.0 Å². The molecule has 0 aliphatic rings. The minimum absolute atomic E-state index is 0.223. The van der Waals surface area contributed by atoms with Gasteiger partial charge in [0.2, 0.25) is 5.89 Å². The van der Waals surface area contributed by atoms with E-state index in [9.17, 15) is 4.79 Å². The third-order valence-electron chi connectivity index (χ3n) is 5.40. The first-order chi connectivity index (χ1) is 17.4. The zero-order valence-electron chi connectivity index (χ0n) is 20.6. The van der Waals surface area contributed by atoms with Crippen LogP contribution in [-0.2, 0) is 16.0 Å². The van der Waals surface area contributed by atoms with E-state index in [0.29, 0.717) is 30.2 Å². The highest BCUT2D eigenvalue weighted by molar-refractivity contribution is 5.77. The maximum absolute atomic E-state index is 12.1. The van der Waals surface area contributed by atoms with Gasteiger partial charge in [0.25, 0.3) is 0 Å². The number of ether oxygens (including phenoxy) is 3. The number of carbonyl (C=O) groups excluding carboxylic acids is 1. The Labute approximate surface area is 210 Å². The summed E-state index contributed by atoms with van der Waals surface area (Å²) < 4.78 is 22.8. The van der Waals surface area contributed by atoms with Gasteiger partial charge in [-0.05, 0) is 74.9 Å². The van der Waals surface area contributed by atoms with Crippen LogP contribution < -0.4 is 15.2 Å². The van der Waals surface area contributed by atoms with Crippen molar-refractivity contribution in [2.45, 2.75) is 39.3 Å². The topological polar surface area (TPSA) is 96.8 Å². The molecule has 0 bridgehead atoms. The molecule has 7 nitrogen and oxygen atoms in total. The number of nitrogens with two attached hydrogens (primary N) is 1. The molecule has 4 aromatic rings. The fourth-order valence-corrected chi connectivity index (χ4v) is 3.58. The summed E-state index contributed by atoms with van der Waals surface area (Å²) in [6, 6.07) is 23.5. The summed E-state index contributed by atoms with van der Waals surface area (Å²) in [6.45, 7) is 5.86. The van der Waals surface area contributed by atoms with Crippen molar-refractivity contribution in [3.8, 4) is 28.7 Å². The predicted molar refractivity (Wildman–Crippen MR) is 137 cm³/mol. The molecule has 186 valence electrons.